The number of fused-ring (bicyclic) bond motifs is 1. The van der Waals surface area contributed by atoms with Crippen molar-refractivity contribution in [3.8, 4) is 0 Å². The van der Waals surface area contributed by atoms with Crippen LogP contribution in [-0.4, -0.2) is 52.6 Å². The first-order valence-corrected chi connectivity index (χ1v) is 8.80. The molecule has 2 aliphatic heterocycles. The molecule has 2 heterocycles. The van der Waals surface area contributed by atoms with Crippen molar-refractivity contribution in [2.45, 2.75) is 18.0 Å². The molecule has 1 saturated heterocycles. The van der Waals surface area contributed by atoms with Gasteiger partial charge in [0.2, 0.25) is 5.91 Å². The highest BCUT2D eigenvalue weighted by Gasteiger charge is 2.52. The molecule has 2 atom stereocenters. The number of non-ortho nitro benzene ring substituents is 1. The predicted octanol–water partition coefficient (Wildman–Crippen LogP) is 0.781. The van der Waals surface area contributed by atoms with E-state index in [9.17, 15) is 19.7 Å². The van der Waals surface area contributed by atoms with E-state index in [1.165, 1.54) is 48.0 Å². The Balaban J connectivity index is 1.73. The lowest BCUT2D eigenvalue weighted by atomic mass is 10.0. The topological polar surface area (TPSA) is 125 Å². The highest BCUT2D eigenvalue weighted by atomic mass is 32.2. The second-order valence-corrected chi connectivity index (χ2v) is 6.93. The van der Waals surface area contributed by atoms with Gasteiger partial charge < -0.3 is 15.2 Å². The number of esters is 1. The lowest BCUT2D eigenvalue weighted by molar-refractivity contribution is -0.384. The van der Waals surface area contributed by atoms with Crippen molar-refractivity contribution in [1.29, 1.82) is 0 Å². The fourth-order valence-electron chi connectivity index (χ4n) is 2.78. The first kappa shape index (κ1) is 18.4. The summed E-state index contributed by atoms with van der Waals surface area (Å²) in [6.07, 6.45) is 0. The molecule has 9 nitrogen and oxygen atoms in total. The zero-order chi connectivity index (χ0) is 18.8. The number of rotatable bonds is 6. The molecule has 1 aromatic rings. The summed E-state index contributed by atoms with van der Waals surface area (Å²) in [5.74, 6) is -0.433. The second-order valence-electron chi connectivity index (χ2n) is 5.82. The lowest BCUT2D eigenvalue weighted by Crippen LogP contribution is -2.68. The van der Waals surface area contributed by atoms with Gasteiger partial charge in [0.15, 0.2) is 0 Å². The number of nitrogens with two attached hydrogens (primary N) is 1. The van der Waals surface area contributed by atoms with Crippen LogP contribution in [0.25, 0.3) is 0 Å². The summed E-state index contributed by atoms with van der Waals surface area (Å²) < 4.78 is 10.4. The molecule has 0 aliphatic carbocycles. The first-order chi connectivity index (χ1) is 12.4. The number of nitro groups is 1. The molecule has 0 bridgehead atoms. The van der Waals surface area contributed by atoms with Crippen molar-refractivity contribution >= 4 is 29.3 Å². The summed E-state index contributed by atoms with van der Waals surface area (Å²) in [4.78, 5) is 36.2. The van der Waals surface area contributed by atoms with Gasteiger partial charge in [0.05, 0.1) is 11.5 Å². The molecule has 26 heavy (non-hydrogen) atoms. The number of benzene rings is 1. The van der Waals surface area contributed by atoms with Crippen molar-refractivity contribution in [2.24, 2.45) is 5.73 Å². The maximum atomic E-state index is 12.6. The highest BCUT2D eigenvalue weighted by Crippen LogP contribution is 2.39. The van der Waals surface area contributed by atoms with Crippen molar-refractivity contribution in [2.75, 3.05) is 19.5 Å². The van der Waals surface area contributed by atoms with Gasteiger partial charge in [-0.25, -0.2) is 4.79 Å². The molecule has 0 spiro atoms. The quantitative estimate of drug-likeness (QED) is 0.333. The molecule has 1 amide bonds. The Morgan fingerprint density at radius 3 is 2.69 bits per heavy atom. The Hall–Kier alpha value is -2.43. The summed E-state index contributed by atoms with van der Waals surface area (Å²) in [7, 11) is 1.51. The van der Waals surface area contributed by atoms with E-state index in [1.807, 2.05) is 0 Å². The normalized spacial score (nSPS) is 21.9. The average molecular weight is 379 g/mol. The van der Waals surface area contributed by atoms with E-state index in [0.29, 0.717) is 16.9 Å². The maximum Gasteiger partial charge on any atom is 0.355 e. The molecule has 2 aliphatic rings. The Morgan fingerprint density at radius 1 is 1.38 bits per heavy atom. The highest BCUT2D eigenvalue weighted by molar-refractivity contribution is 8.00. The number of hydrogen-bond acceptors (Lipinski definition) is 8. The fraction of sp³-hybridized carbons (Fsp3) is 0.375. The van der Waals surface area contributed by atoms with E-state index < -0.39 is 16.9 Å². The van der Waals surface area contributed by atoms with E-state index >= 15 is 0 Å². The van der Waals surface area contributed by atoms with Crippen LogP contribution in [0, 0.1) is 10.1 Å². The van der Waals surface area contributed by atoms with Gasteiger partial charge in [-0.05, 0) is 23.3 Å². The van der Waals surface area contributed by atoms with Gasteiger partial charge in [0.1, 0.15) is 23.7 Å². The van der Waals surface area contributed by atoms with E-state index in [1.54, 1.807) is 0 Å². The number of hydrogen-bond donors (Lipinski definition) is 1. The van der Waals surface area contributed by atoms with Crippen LogP contribution >= 0.6 is 11.8 Å². The van der Waals surface area contributed by atoms with Gasteiger partial charge in [-0.1, -0.05) is 0 Å². The smallest absolute Gasteiger partial charge is 0.355 e. The van der Waals surface area contributed by atoms with Gasteiger partial charge >= 0.3 is 5.97 Å². The molecular formula is C16H17N3O6S. The fourth-order valence-corrected chi connectivity index (χ4v) is 4.06. The van der Waals surface area contributed by atoms with Gasteiger partial charge in [0, 0.05) is 25.0 Å². The number of thioether (sulfide) groups is 1. The van der Waals surface area contributed by atoms with Crippen LogP contribution in [-0.2, 0) is 25.7 Å². The molecule has 2 N–H and O–H groups in total. The number of ether oxygens (including phenoxy) is 2. The number of nitro benzene ring substituents is 1. The molecule has 0 radical (unpaired) electrons. The Kier molecular flexibility index (Phi) is 5.25. The van der Waals surface area contributed by atoms with E-state index in [0.717, 1.165) is 0 Å². The Labute approximate surface area is 153 Å². The van der Waals surface area contributed by atoms with E-state index in [-0.39, 0.29) is 35.9 Å². The summed E-state index contributed by atoms with van der Waals surface area (Å²) in [6, 6.07) is 5.08. The number of carbonyl (C=O) groups excluding carboxylic acids is 2. The predicted molar refractivity (Wildman–Crippen MR) is 92.9 cm³/mol. The molecule has 0 unspecified atom stereocenters. The molecule has 138 valence electrons. The van der Waals surface area contributed by atoms with Crippen LogP contribution in [0.1, 0.15) is 5.56 Å². The van der Waals surface area contributed by atoms with Gasteiger partial charge in [-0.3, -0.25) is 19.8 Å². The van der Waals surface area contributed by atoms with Gasteiger partial charge in [-0.15, -0.1) is 11.8 Å². The number of methoxy groups -OCH3 is 1. The maximum absolute atomic E-state index is 12.6. The third kappa shape index (κ3) is 3.30. The number of amides is 1. The van der Waals surface area contributed by atoms with E-state index in [2.05, 4.69) is 0 Å². The summed E-state index contributed by atoms with van der Waals surface area (Å²) >= 11 is 1.48. The minimum Gasteiger partial charge on any atom is -0.456 e. The number of nitrogens with zero attached hydrogens (tertiary/aromatic N) is 2. The Bertz CT molecular complexity index is 779. The lowest BCUT2D eigenvalue weighted by Gasteiger charge is -2.48. The van der Waals surface area contributed by atoms with Crippen molar-refractivity contribution < 1.29 is 24.0 Å². The van der Waals surface area contributed by atoms with Crippen LogP contribution in [0.2, 0.25) is 0 Å². The van der Waals surface area contributed by atoms with Crippen molar-refractivity contribution in [3.05, 3.63) is 51.2 Å². The third-order valence-corrected chi connectivity index (χ3v) is 5.48. The molecule has 1 fully saturated rings. The van der Waals surface area contributed by atoms with E-state index in [4.69, 9.17) is 15.2 Å². The van der Waals surface area contributed by atoms with Crippen LogP contribution in [0.4, 0.5) is 5.69 Å². The van der Waals surface area contributed by atoms with Crippen molar-refractivity contribution in [3.63, 3.8) is 0 Å². The molecule has 0 saturated carbocycles. The third-order valence-electron chi connectivity index (χ3n) is 4.12. The Morgan fingerprint density at radius 2 is 2.08 bits per heavy atom. The number of β-lactam (4-membered cyclic amide) rings is 1. The molecule has 0 aromatic heterocycles. The van der Waals surface area contributed by atoms with Crippen molar-refractivity contribution in [1.82, 2.24) is 4.90 Å². The van der Waals surface area contributed by atoms with Gasteiger partial charge in [-0.2, -0.15) is 0 Å². The SMILES string of the molecule is COCC1=C(C(=O)OCc2ccc([N+](=O)[O-])cc2)N2C(=O)[C@H](N)[C@H]2SC1. The molecular weight excluding hydrogens is 362 g/mol. The minimum absolute atomic E-state index is 0.0440. The molecule has 1 aromatic carbocycles. The standard InChI is InChI=1S/C16H17N3O6S/c1-24-7-10-8-26-15-12(17)14(20)18(15)13(10)16(21)25-6-9-2-4-11(5-3-9)19(22)23/h2-5,12,15H,6-8,17H2,1H3/t12-,15+/m0/s1. The minimum atomic E-state index is -0.638. The summed E-state index contributed by atoms with van der Waals surface area (Å²) in [5.41, 5.74) is 7.20. The zero-order valence-electron chi connectivity index (χ0n) is 13.9. The van der Waals surface area contributed by atoms with Crippen LogP contribution in [0.15, 0.2) is 35.5 Å². The molecule has 10 heteroatoms. The summed E-state index contributed by atoms with van der Waals surface area (Å²) in [5, 5.41) is 10.4. The molecule has 3 rings (SSSR count). The van der Waals surface area contributed by atoms with Crippen LogP contribution in [0.3, 0.4) is 0 Å². The monoisotopic (exact) mass is 379 g/mol. The first-order valence-electron chi connectivity index (χ1n) is 7.75. The van der Waals surface area contributed by atoms with Crippen LogP contribution < -0.4 is 5.73 Å². The van der Waals surface area contributed by atoms with Gasteiger partial charge in [0.25, 0.3) is 5.69 Å². The zero-order valence-corrected chi connectivity index (χ0v) is 14.7. The van der Waals surface area contributed by atoms with Crippen LogP contribution in [0.5, 0.6) is 0 Å². The largest absolute Gasteiger partial charge is 0.456 e. The average Bonchev–Trinajstić information content (AvgIpc) is 2.65. The second kappa shape index (κ2) is 7.44. The number of carbonyl (C=O) groups is 2. The summed E-state index contributed by atoms with van der Waals surface area (Å²) in [6.45, 7) is 0.146.